The molecule has 0 heterocycles. The molecule has 0 bridgehead atoms. The Morgan fingerprint density at radius 2 is 2.08 bits per heavy atom. The van der Waals surface area contributed by atoms with E-state index in [0.717, 1.165) is 18.5 Å². The molecule has 0 aliphatic heterocycles. The molecule has 3 nitrogen and oxygen atoms in total. The molecule has 0 radical (unpaired) electrons. The summed E-state index contributed by atoms with van der Waals surface area (Å²) in [6.07, 6.45) is 8.97. The van der Waals surface area contributed by atoms with E-state index in [2.05, 4.69) is 13.0 Å². The van der Waals surface area contributed by atoms with E-state index < -0.39 is 4.92 Å². The van der Waals surface area contributed by atoms with Gasteiger partial charge in [0, 0.05) is 9.96 Å². The first-order valence-electron chi connectivity index (χ1n) is 3.80. The summed E-state index contributed by atoms with van der Waals surface area (Å²) in [6.45, 7) is 2.09. The molecule has 0 fully saturated rings. The fourth-order valence-electron chi connectivity index (χ4n) is 0.703. The highest BCUT2D eigenvalue weighted by Gasteiger charge is 1.89. The number of allylic oxidation sites excluding steroid dienone is 6. The number of hydrogen-bond acceptors (Lipinski definition) is 2. The molecule has 13 heavy (non-hydrogen) atoms. The largest absolute Gasteiger partial charge is 0.265 e. The number of hydrogen-bond donors (Lipinski definition) is 0. The molecule has 4 heteroatoms. The van der Waals surface area contributed by atoms with Crippen LogP contribution in [0.5, 0.6) is 0 Å². The summed E-state index contributed by atoms with van der Waals surface area (Å²) in [5, 5.41) is 9.62. The van der Waals surface area contributed by atoms with E-state index in [0.29, 0.717) is 0 Å². The van der Waals surface area contributed by atoms with Crippen LogP contribution in [0.15, 0.2) is 34.9 Å². The van der Waals surface area contributed by atoms with Crippen LogP contribution < -0.4 is 0 Å². The smallest absolute Gasteiger partial charge is 0.194 e. The third kappa shape index (κ3) is 8.82. The van der Waals surface area contributed by atoms with Crippen LogP contribution in [0.25, 0.3) is 0 Å². The summed E-state index contributed by atoms with van der Waals surface area (Å²) in [5.41, 5.74) is 1.35. The molecule has 0 saturated heterocycles. The monoisotopic (exact) mass is 201 g/mol. The topological polar surface area (TPSA) is 43.1 Å². The quantitative estimate of drug-likeness (QED) is 0.447. The van der Waals surface area contributed by atoms with Gasteiger partial charge >= 0.3 is 0 Å². The molecule has 0 aromatic carbocycles. The first kappa shape index (κ1) is 11.9. The van der Waals surface area contributed by atoms with Crippen molar-refractivity contribution in [2.24, 2.45) is 0 Å². The Labute approximate surface area is 82.5 Å². The second-order valence-corrected chi connectivity index (χ2v) is 3.05. The number of nitrogens with zero attached hydrogens (tertiary/aromatic N) is 1. The van der Waals surface area contributed by atoms with E-state index in [1.807, 2.05) is 18.2 Å². The molecule has 1 aliphatic rings. The number of nitro groups is 1. The predicted octanol–water partition coefficient (Wildman–Crippen LogP) is 2.91. The molecule has 0 spiro atoms. The maximum absolute atomic E-state index is 8.81. The Morgan fingerprint density at radius 1 is 1.54 bits per heavy atom. The van der Waals surface area contributed by atoms with E-state index in [4.69, 9.17) is 21.7 Å². The molecule has 0 aromatic heterocycles. The van der Waals surface area contributed by atoms with E-state index >= 15 is 0 Å². The van der Waals surface area contributed by atoms with Crippen molar-refractivity contribution < 1.29 is 4.92 Å². The van der Waals surface area contributed by atoms with Crippen LogP contribution in [0.3, 0.4) is 0 Å². The van der Waals surface area contributed by atoms with Crippen molar-refractivity contribution >= 4 is 11.6 Å². The maximum atomic E-state index is 8.81. The zero-order valence-electron chi connectivity index (χ0n) is 7.66. The van der Waals surface area contributed by atoms with Gasteiger partial charge in [-0.05, 0) is 25.5 Å². The van der Waals surface area contributed by atoms with Gasteiger partial charge in [-0.1, -0.05) is 29.3 Å². The Hall–Kier alpha value is -1.09. The van der Waals surface area contributed by atoms with Crippen molar-refractivity contribution in [1.82, 2.24) is 0 Å². The summed E-state index contributed by atoms with van der Waals surface area (Å²) in [4.78, 5) is 8.31. The molecule has 0 aromatic rings. The fraction of sp³-hybridized carbons (Fsp3) is 0.333. The van der Waals surface area contributed by atoms with Crippen LogP contribution in [0.1, 0.15) is 13.3 Å². The van der Waals surface area contributed by atoms with Gasteiger partial charge < -0.3 is 0 Å². The standard InChI is InChI=1S/C8H9Cl.CH3NO2/c1-7-3-2-4-8(9)6-5-7;1-2(3)4/h2,4-6H,3H2,1H3;1H3. The molecule has 1 aliphatic carbocycles. The minimum Gasteiger partial charge on any atom is -0.265 e. The van der Waals surface area contributed by atoms with E-state index in [-0.39, 0.29) is 0 Å². The number of halogens is 1. The summed E-state index contributed by atoms with van der Waals surface area (Å²) >= 11 is 5.72. The van der Waals surface area contributed by atoms with Crippen LogP contribution in [0.2, 0.25) is 0 Å². The highest BCUT2D eigenvalue weighted by Crippen LogP contribution is 2.12. The summed E-state index contributed by atoms with van der Waals surface area (Å²) in [6, 6.07) is 0. The molecule has 0 N–H and O–H groups in total. The van der Waals surface area contributed by atoms with Gasteiger partial charge in [0.05, 0.1) is 0 Å². The third-order valence-corrected chi connectivity index (χ3v) is 1.50. The third-order valence-electron chi connectivity index (χ3n) is 1.24. The Kier molecular flexibility index (Phi) is 5.89. The van der Waals surface area contributed by atoms with Gasteiger partial charge in [-0.25, -0.2) is 0 Å². The normalized spacial score (nSPS) is 14.7. The molecule has 0 saturated carbocycles. The minimum absolute atomic E-state index is 0.500. The van der Waals surface area contributed by atoms with Crippen LogP contribution in [0.4, 0.5) is 0 Å². The summed E-state index contributed by atoms with van der Waals surface area (Å²) in [7, 11) is 0.889. The van der Waals surface area contributed by atoms with Crippen LogP contribution in [0, 0.1) is 10.1 Å². The molecular weight excluding hydrogens is 190 g/mol. The van der Waals surface area contributed by atoms with Gasteiger partial charge in [0.25, 0.3) is 0 Å². The Bertz CT molecular complexity index is 263. The van der Waals surface area contributed by atoms with Crippen molar-refractivity contribution in [1.29, 1.82) is 0 Å². The Balaban J connectivity index is 0.000000310. The lowest BCUT2D eigenvalue weighted by molar-refractivity contribution is -0.445. The lowest BCUT2D eigenvalue weighted by Gasteiger charge is -1.86. The van der Waals surface area contributed by atoms with E-state index in [1.165, 1.54) is 5.57 Å². The predicted molar refractivity (Wildman–Crippen MR) is 54.4 cm³/mol. The highest BCUT2D eigenvalue weighted by molar-refractivity contribution is 6.31. The zero-order chi connectivity index (χ0) is 10.3. The fourth-order valence-corrected chi connectivity index (χ4v) is 0.855. The van der Waals surface area contributed by atoms with Crippen molar-refractivity contribution in [2.45, 2.75) is 13.3 Å². The first-order chi connectivity index (χ1) is 6.02. The highest BCUT2D eigenvalue weighted by atomic mass is 35.5. The van der Waals surface area contributed by atoms with Gasteiger partial charge in [-0.3, -0.25) is 10.1 Å². The maximum Gasteiger partial charge on any atom is 0.194 e. The molecule has 1 rings (SSSR count). The summed E-state index contributed by atoms with van der Waals surface area (Å²) in [5.74, 6) is 0. The number of rotatable bonds is 0. The lowest BCUT2D eigenvalue weighted by Crippen LogP contribution is -1.79. The molecule has 72 valence electrons. The van der Waals surface area contributed by atoms with Crippen LogP contribution in [-0.4, -0.2) is 12.0 Å². The van der Waals surface area contributed by atoms with Gasteiger partial charge in [-0.15, -0.1) is 0 Å². The minimum atomic E-state index is -0.500. The second-order valence-electron chi connectivity index (χ2n) is 2.61. The van der Waals surface area contributed by atoms with E-state index in [1.54, 1.807) is 0 Å². The lowest BCUT2D eigenvalue weighted by atomic mass is 10.2. The van der Waals surface area contributed by atoms with Gasteiger partial charge in [0.1, 0.15) is 0 Å². The van der Waals surface area contributed by atoms with Crippen molar-refractivity contribution in [3.63, 3.8) is 0 Å². The van der Waals surface area contributed by atoms with Crippen molar-refractivity contribution in [3.05, 3.63) is 45.0 Å². The molecule has 0 amide bonds. The van der Waals surface area contributed by atoms with E-state index in [9.17, 15) is 0 Å². The van der Waals surface area contributed by atoms with Crippen molar-refractivity contribution in [2.75, 3.05) is 7.05 Å². The molecule has 0 atom stereocenters. The van der Waals surface area contributed by atoms with Crippen LogP contribution >= 0.6 is 11.6 Å². The van der Waals surface area contributed by atoms with Gasteiger partial charge in [0.15, 0.2) is 7.05 Å². The Morgan fingerprint density at radius 3 is 2.62 bits per heavy atom. The van der Waals surface area contributed by atoms with Crippen molar-refractivity contribution in [3.8, 4) is 0 Å². The first-order valence-corrected chi connectivity index (χ1v) is 4.17. The molecule has 0 unspecified atom stereocenters. The second kappa shape index (κ2) is 6.43. The summed E-state index contributed by atoms with van der Waals surface area (Å²) < 4.78 is 0. The van der Waals surface area contributed by atoms with Crippen LogP contribution in [-0.2, 0) is 0 Å². The average Bonchev–Trinajstić information content (AvgIpc) is 2.15. The van der Waals surface area contributed by atoms with Gasteiger partial charge in [-0.2, -0.15) is 0 Å². The van der Waals surface area contributed by atoms with Gasteiger partial charge in [0.2, 0.25) is 0 Å². The average molecular weight is 202 g/mol. The zero-order valence-corrected chi connectivity index (χ0v) is 8.41. The molecular formula is C9H12ClNO2. The SMILES string of the molecule is CC1=CC=C(Cl)C=CC1.C[N+](=O)[O-].